The third-order valence-electron chi connectivity index (χ3n) is 4.44. The molecule has 1 fully saturated rings. The van der Waals surface area contributed by atoms with Crippen molar-refractivity contribution < 1.29 is 17.6 Å². The Morgan fingerprint density at radius 1 is 1.04 bits per heavy atom. The highest BCUT2D eigenvalue weighted by Gasteiger charge is 2.23. The van der Waals surface area contributed by atoms with Crippen LogP contribution in [0.5, 0.6) is 0 Å². The summed E-state index contributed by atoms with van der Waals surface area (Å²) >= 11 is 0. The van der Waals surface area contributed by atoms with Crippen molar-refractivity contribution in [1.29, 1.82) is 0 Å². The third-order valence-corrected chi connectivity index (χ3v) is 5.57. The van der Waals surface area contributed by atoms with Crippen molar-refractivity contribution in [3.8, 4) is 11.1 Å². The number of hydrogen-bond donors (Lipinski definition) is 0. The van der Waals surface area contributed by atoms with Gasteiger partial charge in [0.15, 0.2) is 9.84 Å². The van der Waals surface area contributed by atoms with Crippen LogP contribution in [0.25, 0.3) is 11.1 Å². The number of carbonyl (C=O) groups is 1. The minimum absolute atomic E-state index is 0.0958. The molecular weight excluding hydrogens is 341 g/mol. The van der Waals surface area contributed by atoms with Crippen LogP contribution in [0.2, 0.25) is 0 Å². The molecule has 0 aromatic heterocycles. The Morgan fingerprint density at radius 3 is 2.28 bits per heavy atom. The zero-order valence-corrected chi connectivity index (χ0v) is 14.8. The molecule has 2 aromatic carbocycles. The lowest BCUT2D eigenvalue weighted by molar-refractivity contribution is 0.0667. The van der Waals surface area contributed by atoms with Crippen LogP contribution in [0, 0.1) is 0 Å². The third kappa shape index (κ3) is 4.07. The highest BCUT2D eigenvalue weighted by molar-refractivity contribution is 7.90. The zero-order valence-electron chi connectivity index (χ0n) is 14.0. The van der Waals surface area contributed by atoms with E-state index in [9.17, 15) is 17.6 Å². The van der Waals surface area contributed by atoms with E-state index in [0.29, 0.717) is 31.5 Å². The van der Waals surface area contributed by atoms with E-state index in [1.165, 1.54) is 6.26 Å². The number of sulfone groups is 1. The first kappa shape index (κ1) is 17.6. The fourth-order valence-electron chi connectivity index (χ4n) is 2.96. The summed E-state index contributed by atoms with van der Waals surface area (Å²) in [5.74, 6) is -0.0958. The number of halogens is 1. The van der Waals surface area contributed by atoms with E-state index in [2.05, 4.69) is 0 Å². The first-order chi connectivity index (χ1) is 11.8. The van der Waals surface area contributed by atoms with Gasteiger partial charge in [0, 0.05) is 24.9 Å². The topological polar surface area (TPSA) is 54.5 Å². The number of hydrogen-bond acceptors (Lipinski definition) is 3. The number of nitrogens with zero attached hydrogens (tertiary/aromatic N) is 1. The molecule has 1 amide bonds. The summed E-state index contributed by atoms with van der Waals surface area (Å²) in [6.45, 7) is 0.876. The second-order valence-corrected chi connectivity index (χ2v) is 8.36. The summed E-state index contributed by atoms with van der Waals surface area (Å²) < 4.78 is 36.3. The van der Waals surface area contributed by atoms with E-state index < -0.39 is 16.0 Å². The molecule has 3 rings (SSSR count). The van der Waals surface area contributed by atoms with Crippen LogP contribution in [0.15, 0.2) is 53.4 Å². The second-order valence-electron chi connectivity index (χ2n) is 6.34. The minimum Gasteiger partial charge on any atom is -0.338 e. The van der Waals surface area contributed by atoms with Gasteiger partial charge >= 0.3 is 0 Å². The summed E-state index contributed by atoms with van der Waals surface area (Å²) in [5.41, 5.74) is 2.23. The number of likely N-dealkylation sites (tertiary alicyclic amines) is 1. The Labute approximate surface area is 147 Å². The van der Waals surface area contributed by atoms with Crippen molar-refractivity contribution in [3.05, 3.63) is 54.1 Å². The van der Waals surface area contributed by atoms with Crippen LogP contribution < -0.4 is 0 Å². The predicted molar refractivity (Wildman–Crippen MR) is 95.0 cm³/mol. The molecule has 1 heterocycles. The van der Waals surface area contributed by atoms with E-state index in [-0.39, 0.29) is 10.8 Å². The van der Waals surface area contributed by atoms with Gasteiger partial charge in [-0.15, -0.1) is 0 Å². The molecule has 0 saturated carbocycles. The van der Waals surface area contributed by atoms with Gasteiger partial charge in [-0.25, -0.2) is 12.8 Å². The Morgan fingerprint density at radius 2 is 1.68 bits per heavy atom. The van der Waals surface area contributed by atoms with Gasteiger partial charge in [-0.3, -0.25) is 4.79 Å². The van der Waals surface area contributed by atoms with E-state index >= 15 is 0 Å². The fraction of sp³-hybridized carbons (Fsp3) is 0.316. The van der Waals surface area contributed by atoms with E-state index in [1.54, 1.807) is 47.4 Å². The van der Waals surface area contributed by atoms with Crippen LogP contribution in [-0.2, 0) is 9.84 Å². The average molecular weight is 361 g/mol. The van der Waals surface area contributed by atoms with Gasteiger partial charge in [0.25, 0.3) is 5.91 Å². The second kappa shape index (κ2) is 6.96. The molecule has 0 radical (unpaired) electrons. The molecule has 1 saturated heterocycles. The fourth-order valence-corrected chi connectivity index (χ4v) is 3.59. The van der Waals surface area contributed by atoms with Crippen LogP contribution in [0.3, 0.4) is 0 Å². The maximum atomic E-state index is 13.2. The summed E-state index contributed by atoms with van der Waals surface area (Å²) in [4.78, 5) is 14.5. The number of benzene rings is 2. The van der Waals surface area contributed by atoms with Crippen molar-refractivity contribution in [2.45, 2.75) is 23.9 Å². The van der Waals surface area contributed by atoms with E-state index in [4.69, 9.17) is 0 Å². The number of alkyl halides is 1. The summed E-state index contributed by atoms with van der Waals surface area (Å²) in [6.07, 6.45) is 1.13. The normalized spacial score (nSPS) is 16.0. The molecule has 4 nitrogen and oxygen atoms in total. The van der Waals surface area contributed by atoms with Crippen LogP contribution in [0.4, 0.5) is 4.39 Å². The number of piperidine rings is 1. The Balaban J connectivity index is 1.83. The smallest absolute Gasteiger partial charge is 0.253 e. The first-order valence-corrected chi connectivity index (χ1v) is 10.1. The maximum Gasteiger partial charge on any atom is 0.253 e. The lowest BCUT2D eigenvalue weighted by atomic mass is 10.0. The first-order valence-electron chi connectivity index (χ1n) is 8.18. The van der Waals surface area contributed by atoms with Crippen molar-refractivity contribution in [3.63, 3.8) is 0 Å². The molecule has 0 N–H and O–H groups in total. The Hall–Kier alpha value is -2.21. The van der Waals surface area contributed by atoms with Crippen molar-refractivity contribution in [2.24, 2.45) is 0 Å². The molecule has 1 aliphatic rings. The van der Waals surface area contributed by atoms with Gasteiger partial charge in [0.2, 0.25) is 0 Å². The van der Waals surface area contributed by atoms with Gasteiger partial charge in [0.05, 0.1) is 4.90 Å². The number of rotatable bonds is 3. The highest BCUT2D eigenvalue weighted by atomic mass is 32.2. The lowest BCUT2D eigenvalue weighted by Gasteiger charge is -2.28. The SMILES string of the molecule is CS(=O)(=O)c1ccc(-c2cccc(C(=O)N3CCC(F)CC3)c2)cc1. The zero-order chi connectivity index (χ0) is 18.0. The molecule has 132 valence electrons. The Kier molecular flexibility index (Phi) is 4.90. The lowest BCUT2D eigenvalue weighted by Crippen LogP contribution is -2.39. The summed E-state index contributed by atoms with van der Waals surface area (Å²) in [5, 5.41) is 0. The van der Waals surface area contributed by atoms with Crippen LogP contribution in [-0.4, -0.2) is 44.7 Å². The average Bonchev–Trinajstić information content (AvgIpc) is 2.61. The quantitative estimate of drug-likeness (QED) is 0.843. The monoisotopic (exact) mass is 361 g/mol. The molecule has 2 aromatic rings. The number of carbonyl (C=O) groups excluding carboxylic acids is 1. The minimum atomic E-state index is -3.23. The van der Waals surface area contributed by atoms with E-state index in [1.807, 2.05) is 6.07 Å². The molecule has 0 spiro atoms. The van der Waals surface area contributed by atoms with Crippen molar-refractivity contribution in [2.75, 3.05) is 19.3 Å². The van der Waals surface area contributed by atoms with Gasteiger partial charge < -0.3 is 4.90 Å². The molecule has 1 aliphatic heterocycles. The molecule has 6 heteroatoms. The summed E-state index contributed by atoms with van der Waals surface area (Å²) in [7, 11) is -3.23. The van der Waals surface area contributed by atoms with Gasteiger partial charge in [-0.05, 0) is 48.2 Å². The molecular formula is C19H20FNO3S. The summed E-state index contributed by atoms with van der Waals surface area (Å²) in [6, 6.07) is 13.8. The molecule has 0 bridgehead atoms. The van der Waals surface area contributed by atoms with Gasteiger partial charge in [-0.2, -0.15) is 0 Å². The van der Waals surface area contributed by atoms with E-state index in [0.717, 1.165) is 11.1 Å². The van der Waals surface area contributed by atoms with Crippen LogP contribution in [0.1, 0.15) is 23.2 Å². The predicted octanol–water partition coefficient (Wildman–Crippen LogP) is 3.33. The maximum absolute atomic E-state index is 13.2. The largest absolute Gasteiger partial charge is 0.338 e. The van der Waals surface area contributed by atoms with Crippen molar-refractivity contribution >= 4 is 15.7 Å². The molecule has 0 aliphatic carbocycles. The Bertz CT molecular complexity index is 870. The highest BCUT2D eigenvalue weighted by Crippen LogP contribution is 2.24. The van der Waals surface area contributed by atoms with Crippen LogP contribution >= 0.6 is 0 Å². The van der Waals surface area contributed by atoms with Gasteiger partial charge in [0.1, 0.15) is 6.17 Å². The standard InChI is InChI=1S/C19H20FNO3S/c1-25(23,24)18-7-5-14(6-8-18)15-3-2-4-16(13-15)19(22)21-11-9-17(20)10-12-21/h2-8,13,17H,9-12H2,1H3. The molecule has 0 unspecified atom stereocenters. The number of amides is 1. The molecule has 25 heavy (non-hydrogen) atoms. The van der Waals surface area contributed by atoms with Gasteiger partial charge in [-0.1, -0.05) is 24.3 Å². The van der Waals surface area contributed by atoms with Crippen molar-refractivity contribution in [1.82, 2.24) is 4.90 Å². The molecule has 0 atom stereocenters.